The Kier molecular flexibility index (Phi) is 7.47. The van der Waals surface area contributed by atoms with E-state index in [0.717, 1.165) is 99.5 Å². The van der Waals surface area contributed by atoms with Crippen molar-refractivity contribution in [1.29, 1.82) is 0 Å². The van der Waals surface area contributed by atoms with Gasteiger partial charge < -0.3 is 8.98 Å². The highest BCUT2D eigenvalue weighted by Gasteiger charge is 2.29. The predicted octanol–water partition coefficient (Wildman–Crippen LogP) is 13.5. The van der Waals surface area contributed by atoms with Crippen molar-refractivity contribution in [1.82, 2.24) is 19.5 Å². The molecule has 7 aromatic carbocycles. The molecular weight excluding hydrogens is 697 g/mol. The Labute approximate surface area is 329 Å². The Morgan fingerprint density at radius 2 is 1.14 bits per heavy atom. The molecule has 0 N–H and O–H groups in total. The lowest BCUT2D eigenvalue weighted by atomic mass is 9.88. The van der Waals surface area contributed by atoms with Crippen LogP contribution in [0.1, 0.15) is 18.1 Å². The van der Waals surface area contributed by atoms with Gasteiger partial charge in [-0.2, -0.15) is 0 Å². The number of nitrogens with zero attached hydrogens (tertiary/aromatic N) is 4. The molecule has 0 saturated carbocycles. The van der Waals surface area contributed by atoms with E-state index in [4.69, 9.17) is 25.9 Å². The van der Waals surface area contributed by atoms with Crippen molar-refractivity contribution in [2.24, 2.45) is 0 Å². The molecule has 10 aromatic rings. The Hall–Kier alpha value is -7.63. The summed E-state index contributed by atoms with van der Waals surface area (Å²) in [6.45, 7) is 6.92. The first-order chi connectivity index (χ1) is 28.2. The zero-order valence-corrected chi connectivity index (χ0v) is 31.1. The standard InChI is InChI=1S/C52H34N4O/c1-3-4-21-36-32(2)42-30-35(37-24-16-29-46-47(37)40-23-12-14-28-45(40)57-46)31-43-38-22-11-13-27-44(38)56(49(42)43)48-39(36)25-15-26-41(48)52-54-50(33-17-7-5-8-18-33)53-51(55-52)34-19-9-6-10-20-34/h3-31H,2H2,1H3/b4-3-,36-21+. The smallest absolute Gasteiger partial charge is 0.166 e. The number of hydrogen-bond acceptors (Lipinski definition) is 4. The molecule has 0 atom stereocenters. The second-order valence-electron chi connectivity index (χ2n) is 14.4. The molecule has 0 aliphatic carbocycles. The predicted molar refractivity (Wildman–Crippen MR) is 235 cm³/mol. The van der Waals surface area contributed by atoms with Gasteiger partial charge in [-0.05, 0) is 65.6 Å². The number of allylic oxidation sites excluding steroid dienone is 5. The number of furan rings is 1. The zero-order valence-electron chi connectivity index (χ0n) is 31.1. The normalized spacial score (nSPS) is 13.4. The first kappa shape index (κ1) is 32.8. The van der Waals surface area contributed by atoms with Crippen molar-refractivity contribution in [3.8, 4) is 51.0 Å². The number of rotatable bonds is 5. The number of benzene rings is 7. The van der Waals surface area contributed by atoms with E-state index in [-0.39, 0.29) is 0 Å². The zero-order chi connectivity index (χ0) is 38.0. The molecule has 5 nitrogen and oxygen atoms in total. The van der Waals surface area contributed by atoms with Gasteiger partial charge >= 0.3 is 0 Å². The highest BCUT2D eigenvalue weighted by atomic mass is 16.3. The molecule has 1 aliphatic rings. The molecule has 3 aromatic heterocycles. The maximum absolute atomic E-state index is 6.36. The van der Waals surface area contributed by atoms with Crippen LogP contribution in [0.3, 0.4) is 0 Å². The van der Waals surface area contributed by atoms with Crippen LogP contribution in [-0.2, 0) is 0 Å². The third-order valence-electron chi connectivity index (χ3n) is 11.1. The van der Waals surface area contributed by atoms with Gasteiger partial charge in [0, 0.05) is 49.4 Å². The maximum atomic E-state index is 6.36. The van der Waals surface area contributed by atoms with Crippen molar-refractivity contribution < 1.29 is 4.42 Å². The maximum Gasteiger partial charge on any atom is 0.166 e. The van der Waals surface area contributed by atoms with E-state index < -0.39 is 0 Å². The first-order valence-corrected chi connectivity index (χ1v) is 19.2. The molecule has 1 aliphatic heterocycles. The van der Waals surface area contributed by atoms with Gasteiger partial charge in [-0.1, -0.05) is 146 Å². The van der Waals surface area contributed by atoms with Gasteiger partial charge in [0.05, 0.1) is 16.7 Å². The minimum atomic E-state index is 0.597. The number of aromatic nitrogens is 4. The minimum absolute atomic E-state index is 0.597. The number of fused-ring (bicyclic) bond motifs is 8. The van der Waals surface area contributed by atoms with E-state index in [0.29, 0.717) is 17.5 Å². The van der Waals surface area contributed by atoms with Gasteiger partial charge in [0.25, 0.3) is 0 Å². The monoisotopic (exact) mass is 730 g/mol. The fourth-order valence-electron chi connectivity index (χ4n) is 8.53. The van der Waals surface area contributed by atoms with E-state index in [1.165, 1.54) is 0 Å². The third-order valence-corrected chi connectivity index (χ3v) is 11.1. The molecule has 0 amide bonds. The molecule has 0 saturated heterocycles. The molecular formula is C52H34N4O. The second-order valence-corrected chi connectivity index (χ2v) is 14.4. The van der Waals surface area contributed by atoms with Crippen LogP contribution < -0.4 is 0 Å². The van der Waals surface area contributed by atoms with Gasteiger partial charge in [-0.25, -0.2) is 15.0 Å². The summed E-state index contributed by atoms with van der Waals surface area (Å²) in [6.07, 6.45) is 6.34. The van der Waals surface area contributed by atoms with Crippen LogP contribution in [0.25, 0.3) is 106 Å². The van der Waals surface area contributed by atoms with Crippen LogP contribution in [0.15, 0.2) is 187 Å². The molecule has 11 rings (SSSR count). The largest absolute Gasteiger partial charge is 0.456 e. The summed E-state index contributed by atoms with van der Waals surface area (Å²) in [5.41, 5.74) is 14.0. The Balaban J connectivity index is 1.25. The number of para-hydroxylation sites is 3. The van der Waals surface area contributed by atoms with Gasteiger partial charge in [-0.3, -0.25) is 0 Å². The van der Waals surface area contributed by atoms with Crippen LogP contribution in [0.2, 0.25) is 0 Å². The van der Waals surface area contributed by atoms with Crippen LogP contribution in [0.5, 0.6) is 0 Å². The van der Waals surface area contributed by atoms with Crippen molar-refractivity contribution in [2.45, 2.75) is 6.92 Å². The van der Waals surface area contributed by atoms with Crippen LogP contribution in [0.4, 0.5) is 0 Å². The van der Waals surface area contributed by atoms with Gasteiger partial charge in [0.15, 0.2) is 17.5 Å². The molecule has 0 fully saturated rings. The summed E-state index contributed by atoms with van der Waals surface area (Å²) in [6, 6.07) is 54.7. The molecule has 0 unspecified atom stereocenters. The lowest BCUT2D eigenvalue weighted by Gasteiger charge is -2.18. The molecule has 0 spiro atoms. The van der Waals surface area contributed by atoms with Crippen molar-refractivity contribution in [3.05, 3.63) is 194 Å². The third kappa shape index (κ3) is 5.13. The Morgan fingerprint density at radius 3 is 1.89 bits per heavy atom. The molecule has 0 bridgehead atoms. The van der Waals surface area contributed by atoms with E-state index >= 15 is 0 Å². The summed E-state index contributed by atoms with van der Waals surface area (Å²) in [5, 5.41) is 4.50. The van der Waals surface area contributed by atoms with Crippen molar-refractivity contribution in [3.63, 3.8) is 0 Å². The van der Waals surface area contributed by atoms with E-state index in [1.54, 1.807) is 0 Å². The van der Waals surface area contributed by atoms with Crippen molar-refractivity contribution in [2.75, 3.05) is 0 Å². The van der Waals surface area contributed by atoms with Crippen molar-refractivity contribution >= 4 is 54.9 Å². The number of hydrogen-bond donors (Lipinski definition) is 0. The topological polar surface area (TPSA) is 56.7 Å². The fourth-order valence-corrected chi connectivity index (χ4v) is 8.53. The van der Waals surface area contributed by atoms with E-state index in [1.807, 2.05) is 79.7 Å². The highest BCUT2D eigenvalue weighted by Crippen LogP contribution is 2.49. The summed E-state index contributed by atoms with van der Waals surface area (Å²) < 4.78 is 8.78. The average molecular weight is 731 g/mol. The van der Waals surface area contributed by atoms with Gasteiger partial charge in [0.2, 0.25) is 0 Å². The Morgan fingerprint density at radius 1 is 0.526 bits per heavy atom. The first-order valence-electron chi connectivity index (χ1n) is 19.2. The van der Waals surface area contributed by atoms with Gasteiger partial charge in [0.1, 0.15) is 11.2 Å². The SMILES string of the molecule is C=C1/C(=C\C=C/C)c2cccc(-c3nc(-c4ccccc4)nc(-c4ccccc4)n3)c2-n2c3ccccc3c3cc(-c4cccc5oc6ccccc6c45)cc1c32. The average Bonchev–Trinajstić information content (AvgIpc) is 3.79. The summed E-state index contributed by atoms with van der Waals surface area (Å²) in [7, 11) is 0. The summed E-state index contributed by atoms with van der Waals surface area (Å²) >= 11 is 0. The lowest BCUT2D eigenvalue weighted by Crippen LogP contribution is -2.05. The molecule has 0 radical (unpaired) electrons. The Bertz CT molecular complexity index is 3250. The van der Waals surface area contributed by atoms with Crippen LogP contribution >= 0.6 is 0 Å². The second kappa shape index (κ2) is 13.0. The summed E-state index contributed by atoms with van der Waals surface area (Å²) in [4.78, 5) is 15.5. The van der Waals surface area contributed by atoms with Crippen LogP contribution in [0, 0.1) is 0 Å². The minimum Gasteiger partial charge on any atom is -0.456 e. The van der Waals surface area contributed by atoms with E-state index in [9.17, 15) is 0 Å². The van der Waals surface area contributed by atoms with Gasteiger partial charge in [-0.15, -0.1) is 0 Å². The van der Waals surface area contributed by atoms with Crippen LogP contribution in [-0.4, -0.2) is 19.5 Å². The summed E-state index contributed by atoms with van der Waals surface area (Å²) in [5.74, 6) is 1.83. The molecule has 4 heterocycles. The molecule has 5 heteroatoms. The highest BCUT2D eigenvalue weighted by molar-refractivity contribution is 6.22. The lowest BCUT2D eigenvalue weighted by molar-refractivity contribution is 0.669. The fraction of sp³-hybridized carbons (Fsp3) is 0.0192. The van der Waals surface area contributed by atoms with E-state index in [2.05, 4.69) is 108 Å². The molecule has 57 heavy (non-hydrogen) atoms. The molecule has 268 valence electrons. The quantitative estimate of drug-likeness (QED) is 0.177.